The Kier molecular flexibility index (Phi) is 5.34. The molecular formula is C5H6F4N2O6. The topological polar surface area (TPSA) is 105 Å². The number of nitrogens with zero attached hydrogens (tertiary/aromatic N) is 2. The molecule has 0 radical (unpaired) electrons. The molecule has 0 atom stereocenters. The zero-order chi connectivity index (χ0) is 13.6. The molecule has 0 fully saturated rings. The molecule has 0 spiro atoms. The van der Waals surface area contributed by atoms with Gasteiger partial charge < -0.3 is 9.68 Å². The zero-order valence-electron chi connectivity index (χ0n) is 7.92. The van der Waals surface area contributed by atoms with Crippen LogP contribution >= 0.6 is 0 Å². The van der Waals surface area contributed by atoms with Crippen LogP contribution < -0.4 is 0 Å². The van der Waals surface area contributed by atoms with Gasteiger partial charge in [0.05, 0.1) is 0 Å². The third-order valence-corrected chi connectivity index (χ3v) is 1.75. The summed E-state index contributed by atoms with van der Waals surface area (Å²) in [7, 11) is 0. The third kappa shape index (κ3) is 4.24. The van der Waals surface area contributed by atoms with E-state index < -0.39 is 41.7 Å². The Hall–Kier alpha value is -1.88. The summed E-state index contributed by atoms with van der Waals surface area (Å²) in [6.45, 7) is -3.44. The van der Waals surface area contributed by atoms with Crippen molar-refractivity contribution in [1.82, 2.24) is 0 Å². The van der Waals surface area contributed by atoms with Crippen LogP contribution in [0.5, 0.6) is 0 Å². The van der Waals surface area contributed by atoms with Crippen LogP contribution in [-0.4, -0.2) is 36.2 Å². The molecule has 0 bridgehead atoms. The van der Waals surface area contributed by atoms with E-state index in [4.69, 9.17) is 0 Å². The number of hydrogen-bond acceptors (Lipinski definition) is 6. The van der Waals surface area contributed by atoms with Crippen molar-refractivity contribution in [2.24, 2.45) is 5.41 Å². The van der Waals surface area contributed by atoms with Gasteiger partial charge >= 0.3 is 0 Å². The molecule has 0 unspecified atom stereocenters. The van der Waals surface area contributed by atoms with Crippen LogP contribution in [0.4, 0.5) is 17.6 Å². The first-order valence-corrected chi connectivity index (χ1v) is 3.83. The van der Waals surface area contributed by atoms with E-state index in [0.717, 1.165) is 0 Å². The fourth-order valence-electron chi connectivity index (χ4n) is 0.735. The highest BCUT2D eigenvalue weighted by atomic mass is 19.3. The lowest BCUT2D eigenvalue weighted by atomic mass is 9.91. The van der Waals surface area contributed by atoms with E-state index in [1.807, 2.05) is 0 Å². The van der Waals surface area contributed by atoms with Crippen molar-refractivity contribution in [1.29, 1.82) is 0 Å². The SMILES string of the molecule is O=[N+]([O-])OCC(CO[N+](=O)[O-])(C(F)F)C(F)F. The van der Waals surface area contributed by atoms with Gasteiger partial charge in [0.25, 0.3) is 23.0 Å². The minimum atomic E-state index is -3.80. The van der Waals surface area contributed by atoms with Crippen molar-refractivity contribution in [3.63, 3.8) is 0 Å². The van der Waals surface area contributed by atoms with E-state index in [0.29, 0.717) is 0 Å². The molecule has 0 rings (SSSR count). The second-order valence-electron chi connectivity index (χ2n) is 2.83. The molecule has 0 N–H and O–H groups in total. The van der Waals surface area contributed by atoms with Gasteiger partial charge in [-0.05, 0) is 0 Å². The van der Waals surface area contributed by atoms with Gasteiger partial charge in [-0.1, -0.05) is 0 Å². The van der Waals surface area contributed by atoms with Crippen molar-refractivity contribution in [3.05, 3.63) is 20.2 Å². The molecule has 0 aliphatic rings. The second kappa shape index (κ2) is 6.00. The summed E-state index contributed by atoms with van der Waals surface area (Å²) in [5, 5.41) is 16.4. The summed E-state index contributed by atoms with van der Waals surface area (Å²) in [6.07, 6.45) is -7.61. The van der Waals surface area contributed by atoms with E-state index in [-0.39, 0.29) is 0 Å². The molecule has 12 heteroatoms. The number of hydrogen-bond donors (Lipinski definition) is 0. The quantitative estimate of drug-likeness (QED) is 0.367. The molecule has 100 valence electrons. The molecule has 0 amide bonds. The van der Waals surface area contributed by atoms with E-state index >= 15 is 0 Å². The first-order valence-electron chi connectivity index (χ1n) is 3.83. The van der Waals surface area contributed by atoms with Gasteiger partial charge in [0.15, 0.2) is 0 Å². The van der Waals surface area contributed by atoms with E-state index in [2.05, 4.69) is 9.68 Å². The van der Waals surface area contributed by atoms with Gasteiger partial charge in [-0.2, -0.15) is 0 Å². The minimum absolute atomic E-state index is 1.56. The highest BCUT2D eigenvalue weighted by Crippen LogP contribution is 2.34. The molecule has 0 aromatic carbocycles. The van der Waals surface area contributed by atoms with Gasteiger partial charge in [0, 0.05) is 0 Å². The molecule has 0 aromatic heterocycles. The molecule has 0 aliphatic carbocycles. The fraction of sp³-hybridized carbons (Fsp3) is 1.00. The van der Waals surface area contributed by atoms with Crippen LogP contribution in [0.15, 0.2) is 0 Å². The van der Waals surface area contributed by atoms with Gasteiger partial charge in [-0.25, -0.2) is 17.6 Å². The van der Waals surface area contributed by atoms with Crippen molar-refractivity contribution in [2.75, 3.05) is 13.2 Å². The van der Waals surface area contributed by atoms with Crippen LogP contribution in [0.3, 0.4) is 0 Å². The predicted molar refractivity (Wildman–Crippen MR) is 40.3 cm³/mol. The van der Waals surface area contributed by atoms with Crippen LogP contribution in [0.2, 0.25) is 0 Å². The standard InChI is InChI=1S/C5H6F4N2O6/c6-3(7)5(4(8)9,1-16-10(12)13)2-17-11(14)15/h3-4H,1-2H2. The Morgan fingerprint density at radius 2 is 1.24 bits per heavy atom. The molecule has 0 aromatic rings. The molecule has 0 saturated carbocycles. The van der Waals surface area contributed by atoms with Crippen LogP contribution in [0, 0.1) is 25.6 Å². The Balaban J connectivity index is 4.85. The normalized spacial score (nSPS) is 11.6. The number of rotatable bonds is 8. The predicted octanol–water partition coefficient (Wildman–Crippen LogP) is 0.920. The zero-order valence-corrected chi connectivity index (χ0v) is 7.92. The van der Waals surface area contributed by atoms with Crippen molar-refractivity contribution in [3.8, 4) is 0 Å². The van der Waals surface area contributed by atoms with Crippen LogP contribution in [-0.2, 0) is 9.68 Å². The second-order valence-corrected chi connectivity index (χ2v) is 2.83. The summed E-state index contributed by atoms with van der Waals surface area (Å²) in [4.78, 5) is 26.3. The first kappa shape index (κ1) is 15.1. The summed E-state index contributed by atoms with van der Waals surface area (Å²) in [6, 6.07) is 0. The summed E-state index contributed by atoms with van der Waals surface area (Å²) in [5.41, 5.74) is -3.43. The lowest BCUT2D eigenvalue weighted by molar-refractivity contribution is -0.774. The Morgan fingerprint density at radius 3 is 1.41 bits per heavy atom. The smallest absolute Gasteiger partial charge is 0.294 e. The first-order chi connectivity index (χ1) is 7.72. The van der Waals surface area contributed by atoms with E-state index in [1.54, 1.807) is 0 Å². The maximum absolute atomic E-state index is 12.4. The summed E-state index contributed by atoms with van der Waals surface area (Å²) < 4.78 is 49.7. The summed E-state index contributed by atoms with van der Waals surface area (Å²) in [5.74, 6) is 0. The van der Waals surface area contributed by atoms with E-state index in [9.17, 15) is 37.8 Å². The summed E-state index contributed by atoms with van der Waals surface area (Å²) >= 11 is 0. The van der Waals surface area contributed by atoms with Gasteiger partial charge in [-0.3, -0.25) is 0 Å². The maximum Gasteiger partial charge on any atom is 0.294 e. The largest absolute Gasteiger partial charge is 0.313 e. The fourth-order valence-corrected chi connectivity index (χ4v) is 0.735. The van der Waals surface area contributed by atoms with Gasteiger partial charge in [0.1, 0.15) is 18.6 Å². The van der Waals surface area contributed by atoms with Crippen molar-refractivity contribution >= 4 is 0 Å². The molecule has 0 saturated heterocycles. The van der Waals surface area contributed by atoms with Gasteiger partial charge in [-0.15, -0.1) is 20.2 Å². The molecule has 0 heterocycles. The van der Waals surface area contributed by atoms with Crippen LogP contribution in [0.25, 0.3) is 0 Å². The lowest BCUT2D eigenvalue weighted by Crippen LogP contribution is -2.46. The molecule has 8 nitrogen and oxygen atoms in total. The Labute approximate surface area is 90.3 Å². The highest BCUT2D eigenvalue weighted by Gasteiger charge is 2.51. The Bertz CT molecular complexity index is 260. The molecule has 17 heavy (non-hydrogen) atoms. The number of alkyl halides is 4. The van der Waals surface area contributed by atoms with Gasteiger partial charge in [0.2, 0.25) is 0 Å². The minimum Gasteiger partial charge on any atom is -0.313 e. The third-order valence-electron chi connectivity index (χ3n) is 1.75. The highest BCUT2D eigenvalue weighted by molar-refractivity contribution is 4.84. The average molecular weight is 266 g/mol. The maximum atomic E-state index is 12.4. The van der Waals surface area contributed by atoms with Crippen LogP contribution in [0.1, 0.15) is 0 Å². The van der Waals surface area contributed by atoms with E-state index in [1.165, 1.54) is 0 Å². The monoisotopic (exact) mass is 266 g/mol. The van der Waals surface area contributed by atoms with Crippen molar-refractivity contribution < 1.29 is 37.4 Å². The molecule has 0 aliphatic heterocycles. The van der Waals surface area contributed by atoms with Crippen molar-refractivity contribution in [2.45, 2.75) is 12.9 Å². The lowest BCUT2D eigenvalue weighted by Gasteiger charge is -2.29. The average Bonchev–Trinajstić information content (AvgIpc) is 2.16. The molecular weight excluding hydrogens is 260 g/mol. The Morgan fingerprint density at radius 1 is 0.941 bits per heavy atom. The number of halogens is 4.